The molecule has 7 heteroatoms. The molecule has 0 fully saturated rings. The third-order valence-corrected chi connectivity index (χ3v) is 6.17. The number of nitrogens with zero attached hydrogens (tertiary/aromatic N) is 1. The Balaban J connectivity index is 1.45. The van der Waals surface area contributed by atoms with Gasteiger partial charge in [-0.3, -0.25) is 0 Å². The summed E-state index contributed by atoms with van der Waals surface area (Å²) < 4.78 is 12.2. The lowest BCUT2D eigenvalue weighted by molar-refractivity contribution is 0.0176. The van der Waals surface area contributed by atoms with Crippen molar-refractivity contribution in [3.8, 4) is 11.5 Å². The molecule has 0 bridgehead atoms. The molecule has 0 radical (unpaired) electrons. The molecule has 3 aromatic carbocycles. The third kappa shape index (κ3) is 6.33. The lowest BCUT2D eigenvalue weighted by Gasteiger charge is -2.34. The van der Waals surface area contributed by atoms with Gasteiger partial charge in [0, 0.05) is 36.1 Å². The molecule has 0 saturated carbocycles. The van der Waals surface area contributed by atoms with Crippen molar-refractivity contribution >= 4 is 28.9 Å². The van der Waals surface area contributed by atoms with Crippen molar-refractivity contribution in [2.75, 3.05) is 18.1 Å². The van der Waals surface area contributed by atoms with Crippen molar-refractivity contribution in [2.24, 2.45) is 5.73 Å². The minimum absolute atomic E-state index is 0.364. The van der Waals surface area contributed by atoms with E-state index in [4.69, 9.17) is 38.4 Å². The van der Waals surface area contributed by atoms with Crippen molar-refractivity contribution in [2.45, 2.75) is 38.1 Å². The van der Waals surface area contributed by atoms with Gasteiger partial charge in [-0.05, 0) is 60.0 Å². The van der Waals surface area contributed by atoms with Gasteiger partial charge in [-0.1, -0.05) is 47.5 Å². The average Bonchev–Trinajstić information content (AvgIpc) is 2.80. The molecule has 5 nitrogen and oxygen atoms in total. The van der Waals surface area contributed by atoms with E-state index in [2.05, 4.69) is 4.90 Å². The highest BCUT2D eigenvalue weighted by Crippen LogP contribution is 2.34. The molecular weight excluding hydrogens is 459 g/mol. The molecular formula is C26H28Cl2N2O3. The maximum atomic E-state index is 10.9. The van der Waals surface area contributed by atoms with Gasteiger partial charge in [0.25, 0.3) is 0 Å². The summed E-state index contributed by atoms with van der Waals surface area (Å²) in [6.07, 6.45) is 0.153. The molecule has 1 aliphatic heterocycles. The Labute approximate surface area is 204 Å². The fourth-order valence-electron chi connectivity index (χ4n) is 4.01. The van der Waals surface area contributed by atoms with Crippen LogP contribution in [0.15, 0.2) is 66.7 Å². The Bertz CT molecular complexity index is 1040. The van der Waals surface area contributed by atoms with Crippen LogP contribution < -0.4 is 20.1 Å². The Morgan fingerprint density at radius 1 is 1.00 bits per heavy atom. The zero-order chi connectivity index (χ0) is 23.2. The smallest absolute Gasteiger partial charge is 0.143 e. The van der Waals surface area contributed by atoms with Gasteiger partial charge in [-0.2, -0.15) is 0 Å². The minimum atomic E-state index is -0.618. The van der Waals surface area contributed by atoms with Crippen molar-refractivity contribution < 1.29 is 14.6 Å². The number of rotatable bonds is 7. The van der Waals surface area contributed by atoms with Crippen LogP contribution in [0.2, 0.25) is 10.0 Å². The highest BCUT2D eigenvalue weighted by atomic mass is 35.5. The van der Waals surface area contributed by atoms with E-state index in [1.807, 2.05) is 60.7 Å². The molecule has 1 heterocycles. The summed E-state index contributed by atoms with van der Waals surface area (Å²) in [5, 5.41) is 12.1. The summed E-state index contributed by atoms with van der Waals surface area (Å²) in [6.45, 7) is 2.23. The van der Waals surface area contributed by atoms with Crippen LogP contribution in [-0.4, -0.2) is 30.5 Å². The Morgan fingerprint density at radius 3 is 2.45 bits per heavy atom. The predicted octanol–water partition coefficient (Wildman–Crippen LogP) is 5.44. The van der Waals surface area contributed by atoms with Gasteiger partial charge in [0.15, 0.2) is 0 Å². The number of hydrogen-bond donors (Lipinski definition) is 2. The second-order valence-electron chi connectivity index (χ2n) is 8.16. The van der Waals surface area contributed by atoms with E-state index >= 15 is 0 Å². The fraction of sp³-hybridized carbons (Fsp3) is 0.308. The summed E-state index contributed by atoms with van der Waals surface area (Å²) in [7, 11) is 0. The Hall–Kier alpha value is -2.44. The van der Waals surface area contributed by atoms with Crippen LogP contribution in [0.4, 0.5) is 5.69 Å². The molecule has 2 atom stereocenters. The summed E-state index contributed by atoms with van der Waals surface area (Å²) in [5.74, 6) is 1.51. The van der Waals surface area contributed by atoms with Crippen molar-refractivity contribution in [1.82, 2.24) is 0 Å². The third-order valence-electron chi connectivity index (χ3n) is 5.73. The maximum Gasteiger partial charge on any atom is 0.143 e. The second-order valence-corrected chi connectivity index (χ2v) is 9.04. The predicted molar refractivity (Wildman–Crippen MR) is 133 cm³/mol. The van der Waals surface area contributed by atoms with E-state index < -0.39 is 6.10 Å². The van der Waals surface area contributed by atoms with Gasteiger partial charge in [-0.25, -0.2) is 0 Å². The van der Waals surface area contributed by atoms with Crippen LogP contribution in [-0.2, 0) is 13.1 Å². The van der Waals surface area contributed by atoms with E-state index in [-0.39, 0.29) is 6.10 Å². The molecule has 3 aromatic rings. The molecule has 0 amide bonds. The second kappa shape index (κ2) is 11.1. The zero-order valence-corrected chi connectivity index (χ0v) is 19.8. The maximum absolute atomic E-state index is 10.9. The molecule has 0 aromatic heterocycles. The molecule has 0 spiro atoms. The lowest BCUT2D eigenvalue weighted by atomic mass is 10.0. The first kappa shape index (κ1) is 23.7. The number of para-hydroxylation sites is 2. The summed E-state index contributed by atoms with van der Waals surface area (Å²) >= 11 is 12.4. The van der Waals surface area contributed by atoms with Crippen LogP contribution in [0, 0.1) is 0 Å². The van der Waals surface area contributed by atoms with Crippen LogP contribution in [0.3, 0.4) is 0 Å². The lowest BCUT2D eigenvalue weighted by Crippen LogP contribution is -2.39. The number of fused-ring (bicyclic) bond motifs is 1. The summed E-state index contributed by atoms with van der Waals surface area (Å²) in [5.41, 5.74) is 8.68. The zero-order valence-electron chi connectivity index (χ0n) is 18.3. The van der Waals surface area contributed by atoms with E-state index in [0.29, 0.717) is 49.1 Å². The highest BCUT2D eigenvalue weighted by molar-refractivity contribution is 6.34. The first-order valence-electron chi connectivity index (χ1n) is 11.1. The standard InChI is InChI=1S/C26H28Cl2N2O3/c27-20-13-19(14-21(28)15-20)17-30-11-9-24(31)26(33-25-4-2-1-3-23(25)30)10-12-32-22-7-5-18(16-29)6-8-22/h1-8,13-15,24,26,31H,9-12,16-17,29H2. The van der Waals surface area contributed by atoms with Crippen LogP contribution in [0.5, 0.6) is 11.5 Å². The number of ether oxygens (including phenoxy) is 2. The Morgan fingerprint density at radius 2 is 1.73 bits per heavy atom. The summed E-state index contributed by atoms with van der Waals surface area (Å²) in [4.78, 5) is 2.19. The normalized spacial score (nSPS) is 18.1. The topological polar surface area (TPSA) is 68.0 Å². The van der Waals surface area contributed by atoms with Gasteiger partial charge >= 0.3 is 0 Å². The minimum Gasteiger partial charge on any atom is -0.493 e. The average molecular weight is 487 g/mol. The number of nitrogens with two attached hydrogens (primary N) is 1. The Kier molecular flexibility index (Phi) is 7.99. The van der Waals surface area contributed by atoms with E-state index in [0.717, 1.165) is 28.3 Å². The fourth-order valence-corrected chi connectivity index (χ4v) is 4.58. The molecule has 3 N–H and O–H groups in total. The highest BCUT2D eigenvalue weighted by Gasteiger charge is 2.27. The van der Waals surface area contributed by atoms with Crippen LogP contribution in [0.25, 0.3) is 0 Å². The summed E-state index contributed by atoms with van der Waals surface area (Å²) in [6, 6.07) is 21.2. The largest absolute Gasteiger partial charge is 0.493 e. The molecule has 2 unspecified atom stereocenters. The van der Waals surface area contributed by atoms with Gasteiger partial charge in [-0.15, -0.1) is 0 Å². The molecule has 33 heavy (non-hydrogen) atoms. The van der Waals surface area contributed by atoms with E-state index in [1.165, 1.54) is 0 Å². The van der Waals surface area contributed by atoms with Crippen molar-refractivity contribution in [1.29, 1.82) is 0 Å². The van der Waals surface area contributed by atoms with E-state index in [9.17, 15) is 5.11 Å². The molecule has 174 valence electrons. The van der Waals surface area contributed by atoms with Gasteiger partial charge < -0.3 is 25.2 Å². The van der Waals surface area contributed by atoms with Crippen LogP contribution in [0.1, 0.15) is 24.0 Å². The number of benzene rings is 3. The SMILES string of the molecule is NCc1ccc(OCCC2Oc3ccccc3N(Cc3cc(Cl)cc(Cl)c3)CCC2O)cc1. The van der Waals surface area contributed by atoms with E-state index in [1.54, 1.807) is 6.07 Å². The monoisotopic (exact) mass is 486 g/mol. The molecule has 4 rings (SSSR count). The number of aliphatic hydroxyl groups is 1. The van der Waals surface area contributed by atoms with Gasteiger partial charge in [0.2, 0.25) is 0 Å². The number of halogens is 2. The molecule has 1 aliphatic rings. The number of aliphatic hydroxyl groups excluding tert-OH is 1. The number of hydrogen-bond acceptors (Lipinski definition) is 5. The van der Waals surface area contributed by atoms with Gasteiger partial charge in [0.05, 0.1) is 18.4 Å². The quantitative estimate of drug-likeness (QED) is 0.465. The van der Waals surface area contributed by atoms with Crippen molar-refractivity contribution in [3.05, 3.63) is 87.9 Å². The molecule has 0 aliphatic carbocycles. The van der Waals surface area contributed by atoms with Crippen LogP contribution >= 0.6 is 23.2 Å². The van der Waals surface area contributed by atoms with Gasteiger partial charge in [0.1, 0.15) is 17.6 Å². The molecule has 0 saturated heterocycles. The first-order chi connectivity index (χ1) is 16.0. The van der Waals surface area contributed by atoms with Crippen molar-refractivity contribution in [3.63, 3.8) is 0 Å². The first-order valence-corrected chi connectivity index (χ1v) is 11.8. The number of anilines is 1.